The van der Waals surface area contributed by atoms with Gasteiger partial charge in [-0.15, -0.1) is 0 Å². The molecule has 0 saturated carbocycles. The molecule has 1 atom stereocenters. The van der Waals surface area contributed by atoms with Gasteiger partial charge in [-0.3, -0.25) is 14.5 Å². The highest BCUT2D eigenvalue weighted by molar-refractivity contribution is 6.35. The van der Waals surface area contributed by atoms with Crippen molar-refractivity contribution in [3.8, 4) is 0 Å². The van der Waals surface area contributed by atoms with E-state index in [1.165, 1.54) is 0 Å². The smallest absolute Gasteiger partial charge is 0.227 e. The van der Waals surface area contributed by atoms with Crippen LogP contribution >= 0.6 is 23.2 Å². The van der Waals surface area contributed by atoms with Gasteiger partial charge in [0.25, 0.3) is 0 Å². The first kappa shape index (κ1) is 20.0. The van der Waals surface area contributed by atoms with Crippen LogP contribution in [0.3, 0.4) is 0 Å². The average molecular weight is 429 g/mol. The molecule has 1 amide bonds. The van der Waals surface area contributed by atoms with E-state index < -0.39 is 6.04 Å². The lowest BCUT2D eigenvalue weighted by Gasteiger charge is -2.34. The molecule has 2 aromatic rings. The van der Waals surface area contributed by atoms with Gasteiger partial charge in [-0.1, -0.05) is 48.3 Å². The Labute approximate surface area is 180 Å². The number of carbonyl (C=O) groups is 2. The van der Waals surface area contributed by atoms with Gasteiger partial charge < -0.3 is 5.32 Å². The number of halogens is 2. The Hall–Kier alpha value is -2.30. The summed E-state index contributed by atoms with van der Waals surface area (Å²) in [5.74, 6) is 0.0155. The number of anilines is 2. The number of nitrogens with one attached hydrogen (secondary N) is 1. The van der Waals surface area contributed by atoms with Gasteiger partial charge in [0.15, 0.2) is 5.78 Å². The maximum Gasteiger partial charge on any atom is 0.227 e. The van der Waals surface area contributed by atoms with Gasteiger partial charge >= 0.3 is 0 Å². The predicted octanol–water partition coefficient (Wildman–Crippen LogP) is 6.30. The summed E-state index contributed by atoms with van der Waals surface area (Å²) in [6.07, 6.45) is 3.11. The fourth-order valence-electron chi connectivity index (χ4n) is 4.16. The number of carbonyl (C=O) groups excluding carboxylic acids is 2. The van der Waals surface area contributed by atoms with Crippen molar-refractivity contribution in [3.63, 3.8) is 0 Å². The number of benzene rings is 2. The minimum absolute atomic E-state index is 0.0371. The van der Waals surface area contributed by atoms with Crippen molar-refractivity contribution < 1.29 is 9.59 Å². The van der Waals surface area contributed by atoms with E-state index in [1.807, 2.05) is 37.3 Å². The molecule has 2 aromatic carbocycles. The van der Waals surface area contributed by atoms with E-state index in [0.29, 0.717) is 40.4 Å². The summed E-state index contributed by atoms with van der Waals surface area (Å²) in [5.41, 5.74) is 3.79. The number of amides is 1. The van der Waals surface area contributed by atoms with E-state index in [2.05, 4.69) is 5.32 Å². The van der Waals surface area contributed by atoms with Crippen molar-refractivity contribution in [1.29, 1.82) is 0 Å². The Bertz CT molecular complexity index is 1020. The monoisotopic (exact) mass is 428 g/mol. The van der Waals surface area contributed by atoms with Crippen molar-refractivity contribution in [1.82, 2.24) is 0 Å². The summed E-state index contributed by atoms with van der Waals surface area (Å²) in [6.45, 7) is 1.97. The first-order valence-corrected chi connectivity index (χ1v) is 10.7. The molecule has 0 aromatic heterocycles. The van der Waals surface area contributed by atoms with Gasteiger partial charge in [-0.05, 0) is 49.1 Å². The average Bonchev–Trinajstić information content (AvgIpc) is 2.83. The number of hydrogen-bond acceptors (Lipinski definition) is 3. The highest BCUT2D eigenvalue weighted by atomic mass is 35.5. The molecule has 29 heavy (non-hydrogen) atoms. The maximum atomic E-state index is 13.4. The van der Waals surface area contributed by atoms with E-state index in [0.717, 1.165) is 29.9 Å². The Kier molecular flexibility index (Phi) is 5.66. The van der Waals surface area contributed by atoms with E-state index in [1.54, 1.807) is 17.0 Å². The highest BCUT2D eigenvalue weighted by Crippen LogP contribution is 2.46. The summed E-state index contributed by atoms with van der Waals surface area (Å²) in [6, 6.07) is 12.3. The topological polar surface area (TPSA) is 49.4 Å². The third-order valence-corrected chi connectivity index (χ3v) is 5.99. The molecule has 1 N–H and O–H groups in total. The first-order valence-electron chi connectivity index (χ1n) is 9.90. The van der Waals surface area contributed by atoms with Crippen molar-refractivity contribution in [2.75, 3.05) is 10.2 Å². The second kappa shape index (κ2) is 8.21. The highest BCUT2D eigenvalue weighted by Gasteiger charge is 2.39. The normalized spacial score (nSPS) is 18.7. The van der Waals surface area contributed by atoms with E-state index in [9.17, 15) is 9.59 Å². The molecule has 0 fully saturated rings. The van der Waals surface area contributed by atoms with Crippen LogP contribution in [0.25, 0.3) is 0 Å². The molecule has 1 aliphatic heterocycles. The zero-order valence-electron chi connectivity index (χ0n) is 16.2. The fraction of sp³-hybridized carbons (Fsp3) is 0.304. The van der Waals surface area contributed by atoms with Crippen molar-refractivity contribution >= 4 is 46.3 Å². The van der Waals surface area contributed by atoms with Crippen LogP contribution in [-0.2, 0) is 9.59 Å². The van der Waals surface area contributed by atoms with Crippen LogP contribution in [0.4, 0.5) is 11.4 Å². The molecule has 4 nitrogen and oxygen atoms in total. The molecular weight excluding hydrogens is 407 g/mol. The number of Topliss-reactive ketones (excluding diaryl/α,β-unsaturated/α-hetero) is 1. The molecule has 6 heteroatoms. The van der Waals surface area contributed by atoms with Gasteiger partial charge in [0.1, 0.15) is 0 Å². The first-order chi connectivity index (χ1) is 14.0. The Morgan fingerprint density at radius 2 is 1.97 bits per heavy atom. The molecule has 0 spiro atoms. The third kappa shape index (κ3) is 3.67. The number of nitrogens with zero attached hydrogens (tertiary/aromatic N) is 1. The number of fused-ring (bicyclic) bond motifs is 1. The minimum atomic E-state index is -0.585. The molecule has 150 valence electrons. The molecule has 0 radical (unpaired) electrons. The maximum absolute atomic E-state index is 13.4. The number of hydrogen-bond donors (Lipinski definition) is 1. The summed E-state index contributed by atoms with van der Waals surface area (Å²) in [7, 11) is 0. The van der Waals surface area contributed by atoms with Crippen molar-refractivity contribution in [2.45, 2.75) is 45.1 Å². The largest absolute Gasteiger partial charge is 0.357 e. The van der Waals surface area contributed by atoms with Gasteiger partial charge in [0.2, 0.25) is 5.91 Å². The van der Waals surface area contributed by atoms with Crippen LogP contribution in [-0.4, -0.2) is 11.7 Å². The molecule has 4 rings (SSSR count). The van der Waals surface area contributed by atoms with Crippen LogP contribution in [0.5, 0.6) is 0 Å². The van der Waals surface area contributed by atoms with Crippen LogP contribution in [0.15, 0.2) is 53.7 Å². The Morgan fingerprint density at radius 1 is 1.17 bits per heavy atom. The quantitative estimate of drug-likeness (QED) is 0.623. The molecule has 1 aliphatic carbocycles. The third-order valence-electron chi connectivity index (χ3n) is 5.43. The van der Waals surface area contributed by atoms with E-state index in [-0.39, 0.29) is 11.7 Å². The lowest BCUT2D eigenvalue weighted by atomic mass is 9.85. The number of rotatable bonds is 3. The molecule has 2 aliphatic rings. The van der Waals surface area contributed by atoms with Crippen LogP contribution < -0.4 is 10.2 Å². The fourth-order valence-corrected chi connectivity index (χ4v) is 4.67. The second-order valence-corrected chi connectivity index (χ2v) is 8.24. The van der Waals surface area contributed by atoms with E-state index in [4.69, 9.17) is 23.2 Å². The van der Waals surface area contributed by atoms with Gasteiger partial charge in [-0.2, -0.15) is 0 Å². The molecule has 0 bridgehead atoms. The summed E-state index contributed by atoms with van der Waals surface area (Å²) in [4.78, 5) is 28.2. The van der Waals surface area contributed by atoms with Crippen molar-refractivity contribution in [3.05, 3.63) is 69.3 Å². The van der Waals surface area contributed by atoms with Crippen molar-refractivity contribution in [2.24, 2.45) is 0 Å². The van der Waals surface area contributed by atoms with E-state index >= 15 is 0 Å². The van der Waals surface area contributed by atoms with Crippen LogP contribution in [0, 0.1) is 0 Å². The van der Waals surface area contributed by atoms with Gasteiger partial charge in [0.05, 0.1) is 17.4 Å². The minimum Gasteiger partial charge on any atom is -0.357 e. The number of allylic oxidation sites excluding steroid dienone is 1. The summed E-state index contributed by atoms with van der Waals surface area (Å²) in [5, 5.41) is 4.41. The van der Waals surface area contributed by atoms with Gasteiger partial charge in [0, 0.05) is 34.2 Å². The standard InChI is InChI=1S/C23H22Cl2N2O2/c1-2-6-21(29)27-19-9-4-3-7-17(19)26-18-8-5-10-20(28)22(18)23(27)15-12-11-14(24)13-16(15)25/h3-4,7,9,11-13,23,26H,2,5-6,8,10H2,1H3/t23-/m1/s1. The molecule has 0 unspecified atom stereocenters. The lowest BCUT2D eigenvalue weighted by molar-refractivity contribution is -0.119. The number of para-hydroxylation sites is 2. The Balaban J connectivity index is 2.01. The Morgan fingerprint density at radius 3 is 2.72 bits per heavy atom. The lowest BCUT2D eigenvalue weighted by Crippen LogP contribution is -2.38. The van der Waals surface area contributed by atoms with Gasteiger partial charge in [-0.25, -0.2) is 0 Å². The zero-order valence-corrected chi connectivity index (χ0v) is 17.7. The zero-order chi connectivity index (χ0) is 20.5. The molecular formula is C23H22Cl2N2O2. The van der Waals surface area contributed by atoms with Crippen LogP contribution in [0.1, 0.15) is 50.6 Å². The summed E-state index contributed by atoms with van der Waals surface area (Å²) < 4.78 is 0. The second-order valence-electron chi connectivity index (χ2n) is 7.39. The SMILES string of the molecule is CCCC(=O)N1c2ccccc2NC2=C(C(=O)CCC2)[C@H]1c1ccc(Cl)cc1Cl. The molecule has 1 heterocycles. The predicted molar refractivity (Wildman–Crippen MR) is 118 cm³/mol. The van der Waals surface area contributed by atoms with Crippen LogP contribution in [0.2, 0.25) is 10.0 Å². The molecule has 0 saturated heterocycles. The summed E-state index contributed by atoms with van der Waals surface area (Å²) >= 11 is 12.7. The number of ketones is 1.